The number of amides is 1. The second-order valence-corrected chi connectivity index (χ2v) is 3.68. The van der Waals surface area contributed by atoms with Gasteiger partial charge in [-0.05, 0) is 24.1 Å². The van der Waals surface area contributed by atoms with Crippen molar-refractivity contribution >= 4 is 11.6 Å². The first-order chi connectivity index (χ1) is 7.00. The van der Waals surface area contributed by atoms with Crippen molar-refractivity contribution in [2.45, 2.75) is 12.8 Å². The van der Waals surface area contributed by atoms with Crippen molar-refractivity contribution in [2.24, 2.45) is 0 Å². The number of anilines is 1. The van der Waals surface area contributed by atoms with Crippen LogP contribution in [0.4, 0.5) is 5.69 Å². The minimum atomic E-state index is 0.0812. The molecule has 0 atom stereocenters. The molecule has 0 fully saturated rings. The molecule has 0 heterocycles. The van der Waals surface area contributed by atoms with Gasteiger partial charge in [-0.2, -0.15) is 0 Å². The first-order valence-electron chi connectivity index (χ1n) is 4.78. The smallest absolute Gasteiger partial charge is 0.222 e. The zero-order valence-electron chi connectivity index (χ0n) is 9.03. The van der Waals surface area contributed by atoms with Crippen LogP contribution in [-0.2, 0) is 11.2 Å². The summed E-state index contributed by atoms with van der Waals surface area (Å²) in [5, 5.41) is 9.21. The molecule has 1 aromatic carbocycles. The normalized spacial score (nSPS) is 10.0. The number of nitrogen functional groups attached to an aromatic ring is 1. The molecule has 0 unspecified atom stereocenters. The molecular weight excluding hydrogens is 192 g/mol. The molecule has 15 heavy (non-hydrogen) atoms. The number of nitrogens with two attached hydrogens (primary N) is 1. The van der Waals surface area contributed by atoms with Gasteiger partial charge in [-0.3, -0.25) is 4.79 Å². The number of phenolic OH excluding ortho intramolecular Hbond substituents is 1. The summed E-state index contributed by atoms with van der Waals surface area (Å²) >= 11 is 0. The van der Waals surface area contributed by atoms with E-state index in [0.717, 1.165) is 5.56 Å². The average Bonchev–Trinajstić information content (AvgIpc) is 2.19. The lowest BCUT2D eigenvalue weighted by atomic mass is 10.1. The molecule has 0 aliphatic carbocycles. The van der Waals surface area contributed by atoms with Gasteiger partial charge in [0.25, 0.3) is 0 Å². The quantitative estimate of drug-likeness (QED) is 0.575. The van der Waals surface area contributed by atoms with E-state index in [1.54, 1.807) is 37.2 Å². The Morgan fingerprint density at radius 2 is 2.13 bits per heavy atom. The molecule has 0 saturated carbocycles. The molecule has 82 valence electrons. The van der Waals surface area contributed by atoms with Crippen LogP contribution < -0.4 is 5.73 Å². The molecule has 0 saturated heterocycles. The van der Waals surface area contributed by atoms with Gasteiger partial charge in [-0.25, -0.2) is 0 Å². The van der Waals surface area contributed by atoms with Crippen molar-refractivity contribution in [1.29, 1.82) is 0 Å². The first-order valence-corrected chi connectivity index (χ1v) is 4.78. The molecule has 4 nitrogen and oxygen atoms in total. The number of carbonyl (C=O) groups excluding carboxylic acids is 1. The van der Waals surface area contributed by atoms with Gasteiger partial charge in [0.1, 0.15) is 5.75 Å². The van der Waals surface area contributed by atoms with E-state index in [1.807, 2.05) is 0 Å². The average molecular weight is 208 g/mol. The Labute approximate surface area is 89.3 Å². The zero-order valence-corrected chi connectivity index (χ0v) is 9.03. The Bertz CT molecular complexity index is 362. The Balaban J connectivity index is 2.58. The minimum Gasteiger partial charge on any atom is -0.506 e. The predicted octanol–water partition coefficient (Wildman–Crippen LogP) is 0.995. The van der Waals surface area contributed by atoms with E-state index >= 15 is 0 Å². The summed E-state index contributed by atoms with van der Waals surface area (Å²) in [7, 11) is 3.46. The lowest BCUT2D eigenvalue weighted by molar-refractivity contribution is -0.128. The van der Waals surface area contributed by atoms with Crippen LogP contribution in [0, 0.1) is 0 Å². The van der Waals surface area contributed by atoms with Crippen LogP contribution in [-0.4, -0.2) is 30.0 Å². The number of benzene rings is 1. The highest BCUT2D eigenvalue weighted by atomic mass is 16.3. The number of hydrogen-bond donors (Lipinski definition) is 2. The third-order valence-corrected chi connectivity index (χ3v) is 2.22. The molecule has 1 rings (SSSR count). The van der Waals surface area contributed by atoms with Crippen molar-refractivity contribution in [3.8, 4) is 5.75 Å². The van der Waals surface area contributed by atoms with Crippen molar-refractivity contribution in [2.75, 3.05) is 19.8 Å². The molecule has 0 bridgehead atoms. The standard InChI is InChI=1S/C11H16N2O2/c1-13(2)11(15)6-4-8-3-5-10(14)9(12)7-8/h3,5,7,14H,4,6,12H2,1-2H3. The van der Waals surface area contributed by atoms with Crippen LogP contribution in [0.1, 0.15) is 12.0 Å². The number of nitrogens with zero attached hydrogens (tertiary/aromatic N) is 1. The number of aromatic hydroxyl groups is 1. The highest BCUT2D eigenvalue weighted by Gasteiger charge is 2.05. The third-order valence-electron chi connectivity index (χ3n) is 2.22. The summed E-state index contributed by atoms with van der Waals surface area (Å²) in [6, 6.07) is 5.01. The number of phenols is 1. The van der Waals surface area contributed by atoms with E-state index in [9.17, 15) is 9.90 Å². The molecule has 0 aliphatic rings. The molecule has 0 spiro atoms. The Morgan fingerprint density at radius 1 is 1.47 bits per heavy atom. The number of aryl methyl sites for hydroxylation is 1. The fourth-order valence-electron chi connectivity index (χ4n) is 1.23. The van der Waals surface area contributed by atoms with Crippen LogP contribution in [0.15, 0.2) is 18.2 Å². The maximum atomic E-state index is 11.3. The number of hydrogen-bond acceptors (Lipinski definition) is 3. The van der Waals surface area contributed by atoms with Crippen molar-refractivity contribution < 1.29 is 9.90 Å². The summed E-state index contributed by atoms with van der Waals surface area (Å²) in [5.74, 6) is 0.166. The van der Waals surface area contributed by atoms with E-state index in [-0.39, 0.29) is 11.7 Å². The van der Waals surface area contributed by atoms with E-state index in [0.29, 0.717) is 18.5 Å². The van der Waals surface area contributed by atoms with E-state index in [1.165, 1.54) is 0 Å². The van der Waals surface area contributed by atoms with Crippen molar-refractivity contribution in [1.82, 2.24) is 4.90 Å². The molecule has 1 aromatic rings. The largest absolute Gasteiger partial charge is 0.506 e. The van der Waals surface area contributed by atoms with E-state index in [2.05, 4.69) is 0 Å². The molecule has 0 aliphatic heterocycles. The molecule has 4 heteroatoms. The monoisotopic (exact) mass is 208 g/mol. The van der Waals surface area contributed by atoms with Crippen LogP contribution in [0.3, 0.4) is 0 Å². The van der Waals surface area contributed by atoms with Gasteiger partial charge in [0.05, 0.1) is 5.69 Å². The third kappa shape index (κ3) is 3.16. The molecular formula is C11H16N2O2. The summed E-state index contributed by atoms with van der Waals surface area (Å²) < 4.78 is 0. The molecule has 3 N–H and O–H groups in total. The van der Waals surface area contributed by atoms with Crippen molar-refractivity contribution in [3.63, 3.8) is 0 Å². The highest BCUT2D eigenvalue weighted by Crippen LogP contribution is 2.21. The van der Waals surface area contributed by atoms with Crippen molar-refractivity contribution in [3.05, 3.63) is 23.8 Å². The van der Waals surface area contributed by atoms with Crippen LogP contribution in [0.25, 0.3) is 0 Å². The lowest BCUT2D eigenvalue weighted by Crippen LogP contribution is -2.21. The molecule has 0 aromatic heterocycles. The van der Waals surface area contributed by atoms with Crippen LogP contribution in [0.5, 0.6) is 5.75 Å². The second kappa shape index (κ2) is 4.68. The fraction of sp³-hybridized carbons (Fsp3) is 0.364. The van der Waals surface area contributed by atoms with Crippen LogP contribution in [0.2, 0.25) is 0 Å². The minimum absolute atomic E-state index is 0.0812. The fourth-order valence-corrected chi connectivity index (χ4v) is 1.23. The highest BCUT2D eigenvalue weighted by molar-refractivity contribution is 5.75. The van der Waals surface area contributed by atoms with Gasteiger partial charge in [0.2, 0.25) is 5.91 Å². The second-order valence-electron chi connectivity index (χ2n) is 3.68. The Morgan fingerprint density at radius 3 is 2.67 bits per heavy atom. The summed E-state index contributed by atoms with van der Waals surface area (Å²) in [6.07, 6.45) is 1.10. The van der Waals surface area contributed by atoms with Gasteiger partial charge >= 0.3 is 0 Å². The lowest BCUT2D eigenvalue weighted by Gasteiger charge is -2.10. The Kier molecular flexibility index (Phi) is 3.55. The maximum Gasteiger partial charge on any atom is 0.222 e. The molecule has 0 radical (unpaired) electrons. The topological polar surface area (TPSA) is 66.6 Å². The summed E-state index contributed by atoms with van der Waals surface area (Å²) in [5.41, 5.74) is 6.85. The van der Waals surface area contributed by atoms with Gasteiger partial charge in [-0.1, -0.05) is 6.07 Å². The van der Waals surface area contributed by atoms with Gasteiger partial charge in [0.15, 0.2) is 0 Å². The number of rotatable bonds is 3. The zero-order chi connectivity index (χ0) is 11.4. The van der Waals surface area contributed by atoms with Crippen LogP contribution >= 0.6 is 0 Å². The summed E-state index contributed by atoms with van der Waals surface area (Å²) in [6.45, 7) is 0. The van der Waals surface area contributed by atoms with Gasteiger partial charge in [-0.15, -0.1) is 0 Å². The number of carbonyl (C=O) groups is 1. The molecule has 1 amide bonds. The SMILES string of the molecule is CN(C)C(=O)CCc1ccc(O)c(N)c1. The first kappa shape index (κ1) is 11.4. The van der Waals surface area contributed by atoms with E-state index in [4.69, 9.17) is 5.73 Å². The Hall–Kier alpha value is -1.71. The predicted molar refractivity (Wildman–Crippen MR) is 59.5 cm³/mol. The van der Waals surface area contributed by atoms with E-state index < -0.39 is 0 Å². The van der Waals surface area contributed by atoms with Gasteiger partial charge in [0, 0.05) is 20.5 Å². The van der Waals surface area contributed by atoms with Gasteiger partial charge < -0.3 is 15.7 Å². The maximum absolute atomic E-state index is 11.3. The summed E-state index contributed by atoms with van der Waals surface area (Å²) in [4.78, 5) is 12.9.